The van der Waals surface area contributed by atoms with Gasteiger partial charge < -0.3 is 14.6 Å². The molecule has 2 aromatic heterocycles. The number of aromatic nitrogens is 1. The van der Waals surface area contributed by atoms with Crippen molar-refractivity contribution >= 4 is 28.4 Å². The Hall–Kier alpha value is -2.37. The van der Waals surface area contributed by atoms with Crippen LogP contribution in [0, 0.1) is 5.92 Å². The van der Waals surface area contributed by atoms with E-state index in [-0.39, 0.29) is 11.9 Å². The molecule has 2 fully saturated rings. The molecular weight excluding hydrogens is 350 g/mol. The zero-order chi connectivity index (χ0) is 17.7. The van der Waals surface area contributed by atoms with E-state index in [0.717, 1.165) is 31.4 Å². The van der Waals surface area contributed by atoms with E-state index < -0.39 is 0 Å². The minimum absolute atomic E-state index is 0.0451. The van der Waals surface area contributed by atoms with Crippen LogP contribution in [-0.2, 0) is 0 Å². The Morgan fingerprint density at radius 3 is 3.04 bits per heavy atom. The summed E-state index contributed by atoms with van der Waals surface area (Å²) in [5.74, 6) is 1.23. The molecule has 0 bridgehead atoms. The fourth-order valence-electron chi connectivity index (χ4n) is 4.20. The number of rotatable bonds is 2. The van der Waals surface area contributed by atoms with Gasteiger partial charge in [0, 0.05) is 31.1 Å². The van der Waals surface area contributed by atoms with Crippen LogP contribution in [0.25, 0.3) is 22.4 Å². The molecule has 26 heavy (non-hydrogen) atoms. The van der Waals surface area contributed by atoms with Crippen LogP contribution in [0.3, 0.4) is 0 Å². The molecule has 2 aliphatic rings. The van der Waals surface area contributed by atoms with Crippen molar-refractivity contribution in [1.29, 1.82) is 0 Å². The van der Waals surface area contributed by atoms with Gasteiger partial charge >= 0.3 is 0 Å². The van der Waals surface area contributed by atoms with Gasteiger partial charge in [0.25, 0.3) is 5.91 Å². The van der Waals surface area contributed by atoms with Crippen molar-refractivity contribution < 1.29 is 9.21 Å². The van der Waals surface area contributed by atoms with Gasteiger partial charge in [0.2, 0.25) is 0 Å². The summed E-state index contributed by atoms with van der Waals surface area (Å²) in [5.41, 5.74) is 1.89. The average molecular weight is 368 g/mol. The molecule has 1 N–H and O–H groups in total. The first kappa shape index (κ1) is 15.9. The van der Waals surface area contributed by atoms with E-state index in [9.17, 15) is 4.79 Å². The summed E-state index contributed by atoms with van der Waals surface area (Å²) in [5, 5.41) is 4.72. The molecule has 5 rings (SSSR count). The van der Waals surface area contributed by atoms with Crippen LogP contribution in [0.1, 0.15) is 16.8 Å². The van der Waals surface area contributed by atoms with Crippen molar-refractivity contribution in [3.05, 3.63) is 53.2 Å². The summed E-state index contributed by atoms with van der Waals surface area (Å²) in [6, 6.07) is 11.3. The molecule has 132 valence electrons. The number of carbonyl (C=O) groups is 1. The van der Waals surface area contributed by atoms with Crippen LogP contribution in [0.5, 0.6) is 0 Å². The van der Waals surface area contributed by atoms with E-state index in [1.807, 2.05) is 35.2 Å². The summed E-state index contributed by atoms with van der Waals surface area (Å²) in [6.07, 6.45) is 2.66. The molecule has 0 radical (unpaired) electrons. The first-order chi connectivity index (χ1) is 12.7. The van der Waals surface area contributed by atoms with E-state index in [4.69, 9.17) is 16.0 Å². The molecule has 4 heterocycles. The van der Waals surface area contributed by atoms with Gasteiger partial charge in [-0.3, -0.25) is 4.79 Å². The third kappa shape index (κ3) is 2.42. The Bertz CT molecular complexity index is 986. The predicted octanol–water partition coefficient (Wildman–Crippen LogP) is 3.58. The lowest BCUT2D eigenvalue weighted by atomic mass is 10.0. The van der Waals surface area contributed by atoms with Gasteiger partial charge in [0.05, 0.1) is 22.4 Å². The number of amides is 1. The molecule has 2 aliphatic heterocycles. The van der Waals surface area contributed by atoms with Gasteiger partial charge in [0.15, 0.2) is 5.76 Å². The van der Waals surface area contributed by atoms with Crippen LogP contribution < -0.4 is 5.32 Å². The SMILES string of the molecule is O=C(c1cc(-c2ccco2)nc2c(Cl)cccc12)N1CC[C@H]2CNC[C@H]21. The van der Waals surface area contributed by atoms with Crippen LogP contribution >= 0.6 is 11.6 Å². The molecule has 5 nitrogen and oxygen atoms in total. The normalized spacial score (nSPS) is 22.1. The number of para-hydroxylation sites is 1. The van der Waals surface area contributed by atoms with E-state index in [1.54, 1.807) is 12.3 Å². The highest BCUT2D eigenvalue weighted by atomic mass is 35.5. The minimum Gasteiger partial charge on any atom is -0.463 e. The first-order valence-corrected chi connectivity index (χ1v) is 9.25. The van der Waals surface area contributed by atoms with Crippen molar-refractivity contribution in [3.8, 4) is 11.5 Å². The number of furan rings is 1. The van der Waals surface area contributed by atoms with Crippen LogP contribution in [0.4, 0.5) is 0 Å². The van der Waals surface area contributed by atoms with E-state index in [1.165, 1.54) is 0 Å². The fourth-order valence-corrected chi connectivity index (χ4v) is 4.41. The summed E-state index contributed by atoms with van der Waals surface area (Å²) in [7, 11) is 0. The van der Waals surface area contributed by atoms with Crippen molar-refractivity contribution in [1.82, 2.24) is 15.2 Å². The van der Waals surface area contributed by atoms with E-state index >= 15 is 0 Å². The van der Waals surface area contributed by atoms with Crippen molar-refractivity contribution in [2.45, 2.75) is 12.5 Å². The van der Waals surface area contributed by atoms with Gasteiger partial charge in [-0.05, 0) is 36.6 Å². The second kappa shape index (κ2) is 6.11. The van der Waals surface area contributed by atoms with Crippen molar-refractivity contribution in [2.75, 3.05) is 19.6 Å². The maximum atomic E-state index is 13.4. The average Bonchev–Trinajstić information content (AvgIpc) is 3.38. The smallest absolute Gasteiger partial charge is 0.254 e. The Morgan fingerprint density at radius 2 is 2.19 bits per heavy atom. The summed E-state index contributed by atoms with van der Waals surface area (Å²) < 4.78 is 5.50. The van der Waals surface area contributed by atoms with Crippen LogP contribution in [0.15, 0.2) is 47.1 Å². The zero-order valence-corrected chi connectivity index (χ0v) is 14.9. The molecule has 1 aromatic carbocycles. The highest BCUT2D eigenvalue weighted by Gasteiger charge is 2.40. The Kier molecular flexibility index (Phi) is 3.72. The Morgan fingerprint density at radius 1 is 1.27 bits per heavy atom. The number of carbonyl (C=O) groups excluding carboxylic acids is 1. The van der Waals surface area contributed by atoms with Gasteiger partial charge in [-0.1, -0.05) is 23.7 Å². The van der Waals surface area contributed by atoms with Gasteiger partial charge in [0.1, 0.15) is 5.69 Å². The van der Waals surface area contributed by atoms with Crippen LogP contribution in [0.2, 0.25) is 5.02 Å². The van der Waals surface area contributed by atoms with E-state index in [0.29, 0.717) is 33.5 Å². The number of hydrogen-bond donors (Lipinski definition) is 1. The molecule has 0 spiro atoms. The summed E-state index contributed by atoms with van der Waals surface area (Å²) >= 11 is 6.39. The standard InChI is InChI=1S/C20H18ClN3O2/c21-15-4-1-3-13-14(9-16(23-19(13)15)18-5-2-8-26-18)20(25)24-7-6-12-10-22-11-17(12)24/h1-5,8-9,12,17,22H,6-7,10-11H2/t12-,17+/m0/s1. The lowest BCUT2D eigenvalue weighted by Crippen LogP contribution is -2.39. The molecule has 0 unspecified atom stereocenters. The molecule has 2 atom stereocenters. The molecular formula is C20H18ClN3O2. The quantitative estimate of drug-likeness (QED) is 0.752. The van der Waals surface area contributed by atoms with Gasteiger partial charge in [-0.15, -0.1) is 0 Å². The molecule has 2 saturated heterocycles. The van der Waals surface area contributed by atoms with Crippen molar-refractivity contribution in [2.24, 2.45) is 5.92 Å². The Labute approximate surface area is 156 Å². The highest BCUT2D eigenvalue weighted by Crippen LogP contribution is 2.33. The summed E-state index contributed by atoms with van der Waals surface area (Å²) in [6.45, 7) is 2.66. The molecule has 0 saturated carbocycles. The number of pyridine rings is 1. The third-order valence-electron chi connectivity index (χ3n) is 5.50. The molecule has 3 aromatic rings. The highest BCUT2D eigenvalue weighted by molar-refractivity contribution is 6.35. The van der Waals surface area contributed by atoms with Crippen LogP contribution in [-0.4, -0.2) is 41.5 Å². The second-order valence-corrected chi connectivity index (χ2v) is 7.35. The maximum absolute atomic E-state index is 13.4. The second-order valence-electron chi connectivity index (χ2n) is 6.94. The number of halogens is 1. The van der Waals surface area contributed by atoms with Crippen molar-refractivity contribution in [3.63, 3.8) is 0 Å². The lowest BCUT2D eigenvalue weighted by molar-refractivity contribution is 0.0739. The van der Waals surface area contributed by atoms with Gasteiger partial charge in [-0.2, -0.15) is 0 Å². The number of nitrogens with one attached hydrogen (secondary N) is 1. The number of benzene rings is 1. The predicted molar refractivity (Wildman–Crippen MR) is 100 cm³/mol. The monoisotopic (exact) mass is 367 g/mol. The fraction of sp³-hybridized carbons (Fsp3) is 0.300. The Balaban J connectivity index is 1.66. The number of fused-ring (bicyclic) bond motifs is 2. The minimum atomic E-state index is 0.0451. The molecule has 6 heteroatoms. The third-order valence-corrected chi connectivity index (χ3v) is 5.81. The topological polar surface area (TPSA) is 58.4 Å². The molecule has 0 aliphatic carbocycles. The first-order valence-electron chi connectivity index (χ1n) is 8.87. The zero-order valence-electron chi connectivity index (χ0n) is 14.1. The molecule has 1 amide bonds. The summed E-state index contributed by atoms with van der Waals surface area (Å²) in [4.78, 5) is 20.1. The number of hydrogen-bond acceptors (Lipinski definition) is 4. The van der Waals surface area contributed by atoms with E-state index in [2.05, 4.69) is 10.3 Å². The van der Waals surface area contributed by atoms with Gasteiger partial charge in [-0.25, -0.2) is 4.98 Å². The number of likely N-dealkylation sites (tertiary alicyclic amines) is 1. The number of nitrogens with zero attached hydrogens (tertiary/aromatic N) is 2. The largest absolute Gasteiger partial charge is 0.463 e. The lowest BCUT2D eigenvalue weighted by Gasteiger charge is -2.24. The maximum Gasteiger partial charge on any atom is 0.254 e.